The van der Waals surface area contributed by atoms with Crippen LogP contribution in [0.1, 0.15) is 25.0 Å². The van der Waals surface area contributed by atoms with E-state index in [1.807, 2.05) is 12.1 Å². The van der Waals surface area contributed by atoms with Crippen molar-refractivity contribution < 1.29 is 14.4 Å². The van der Waals surface area contributed by atoms with E-state index in [1.54, 1.807) is 13.2 Å². The van der Waals surface area contributed by atoms with E-state index in [2.05, 4.69) is 0 Å². The van der Waals surface area contributed by atoms with Crippen molar-refractivity contribution in [2.24, 2.45) is 11.7 Å². The van der Waals surface area contributed by atoms with Crippen LogP contribution in [0.25, 0.3) is 0 Å². The topological polar surface area (TPSA) is 79.7 Å². The van der Waals surface area contributed by atoms with Crippen molar-refractivity contribution in [2.45, 2.75) is 25.3 Å². The van der Waals surface area contributed by atoms with Gasteiger partial charge in [0.2, 0.25) is 0 Å². The van der Waals surface area contributed by atoms with Crippen LogP contribution in [-0.2, 0) is 0 Å². The fraction of sp³-hybridized carbons (Fsp3) is 0.500. The Morgan fingerprint density at radius 3 is 3.07 bits per heavy atom. The molecule has 0 spiro atoms. The normalized spacial score (nSPS) is 26.0. The zero-order valence-corrected chi connectivity index (χ0v) is 8.46. The maximum atomic E-state index is 10.7. The number of urea groups is 1. The minimum Gasteiger partial charge on any atom is -0.469 e. The molecule has 1 unspecified atom stereocenters. The van der Waals surface area contributed by atoms with E-state index in [0.29, 0.717) is 11.0 Å². The van der Waals surface area contributed by atoms with E-state index >= 15 is 0 Å². The molecular weight excluding hydrogens is 196 g/mol. The molecule has 1 aromatic heterocycles. The molecule has 0 radical (unpaired) electrons. The molecule has 82 valence electrons. The zero-order valence-electron chi connectivity index (χ0n) is 8.46. The third-order valence-corrected chi connectivity index (χ3v) is 2.98. The average molecular weight is 210 g/mol. The number of hydroxylamine groups is 2. The Hall–Kier alpha value is -1.49. The molecule has 3 atom stereocenters. The van der Waals surface area contributed by atoms with Crippen LogP contribution in [0, 0.1) is 5.92 Å². The van der Waals surface area contributed by atoms with Gasteiger partial charge in [0.15, 0.2) is 0 Å². The highest BCUT2D eigenvalue weighted by Crippen LogP contribution is 2.50. The lowest BCUT2D eigenvalue weighted by Gasteiger charge is -2.20. The fourth-order valence-electron chi connectivity index (χ4n) is 1.96. The molecule has 5 heteroatoms. The standard InChI is InChI=1S/C10H14N2O3/c1-6(12(14)10(11)13)7-5-8(7)9-3-2-4-15-9/h2-4,6-8,14H,5H2,1H3,(H2,11,13)/t6?,7-,8+/m0/s1. The number of hydrogen-bond acceptors (Lipinski definition) is 3. The average Bonchev–Trinajstić information content (AvgIpc) is 2.82. The molecule has 15 heavy (non-hydrogen) atoms. The summed E-state index contributed by atoms with van der Waals surface area (Å²) in [5, 5.41) is 9.94. The molecular formula is C10H14N2O3. The minimum atomic E-state index is -0.812. The number of primary amides is 1. The van der Waals surface area contributed by atoms with Crippen molar-refractivity contribution in [3.05, 3.63) is 24.2 Å². The third kappa shape index (κ3) is 1.83. The highest BCUT2D eigenvalue weighted by Gasteiger charge is 2.46. The van der Waals surface area contributed by atoms with Crippen LogP contribution in [0.5, 0.6) is 0 Å². The maximum absolute atomic E-state index is 10.7. The molecule has 0 aromatic carbocycles. The minimum absolute atomic E-state index is 0.230. The maximum Gasteiger partial charge on any atom is 0.338 e. The Morgan fingerprint density at radius 1 is 1.80 bits per heavy atom. The first-order chi connectivity index (χ1) is 7.11. The zero-order chi connectivity index (χ0) is 11.0. The molecule has 0 saturated heterocycles. The van der Waals surface area contributed by atoms with Crippen LogP contribution in [0.3, 0.4) is 0 Å². The van der Waals surface area contributed by atoms with Gasteiger partial charge in [-0.15, -0.1) is 0 Å². The van der Waals surface area contributed by atoms with Crippen molar-refractivity contribution in [3.63, 3.8) is 0 Å². The van der Waals surface area contributed by atoms with E-state index in [1.165, 1.54) is 0 Å². The second kappa shape index (κ2) is 3.58. The quantitative estimate of drug-likeness (QED) is 0.586. The molecule has 3 N–H and O–H groups in total. The van der Waals surface area contributed by atoms with Gasteiger partial charge < -0.3 is 10.2 Å². The summed E-state index contributed by atoms with van der Waals surface area (Å²) in [5.41, 5.74) is 4.98. The molecule has 1 heterocycles. The van der Waals surface area contributed by atoms with E-state index in [9.17, 15) is 10.0 Å². The smallest absolute Gasteiger partial charge is 0.338 e. The van der Waals surface area contributed by atoms with Crippen molar-refractivity contribution in [2.75, 3.05) is 0 Å². The highest BCUT2D eigenvalue weighted by atomic mass is 16.5. The number of nitrogens with zero attached hydrogens (tertiary/aromatic N) is 1. The lowest BCUT2D eigenvalue weighted by Crippen LogP contribution is -2.40. The van der Waals surface area contributed by atoms with Crippen molar-refractivity contribution in [3.8, 4) is 0 Å². The predicted octanol–water partition coefficient (Wildman–Crippen LogP) is 1.54. The van der Waals surface area contributed by atoms with Crippen LogP contribution in [0.2, 0.25) is 0 Å². The molecule has 2 rings (SSSR count). The first-order valence-electron chi connectivity index (χ1n) is 4.92. The monoisotopic (exact) mass is 210 g/mol. The van der Waals surface area contributed by atoms with Crippen molar-refractivity contribution in [1.29, 1.82) is 0 Å². The first-order valence-corrected chi connectivity index (χ1v) is 4.92. The lowest BCUT2D eigenvalue weighted by molar-refractivity contribution is -0.0761. The van der Waals surface area contributed by atoms with Gasteiger partial charge in [0, 0.05) is 5.92 Å². The summed E-state index contributed by atoms with van der Waals surface area (Å²) < 4.78 is 5.26. The van der Waals surface area contributed by atoms with Crippen LogP contribution in [-0.4, -0.2) is 22.3 Å². The summed E-state index contributed by atoms with van der Waals surface area (Å²) in [7, 11) is 0. The first kappa shape index (κ1) is 10.0. The summed E-state index contributed by atoms with van der Waals surface area (Å²) in [5.74, 6) is 1.43. The Kier molecular flexibility index (Phi) is 2.40. The molecule has 0 bridgehead atoms. The molecule has 1 aromatic rings. The second-order valence-corrected chi connectivity index (χ2v) is 3.94. The van der Waals surface area contributed by atoms with E-state index in [-0.39, 0.29) is 12.0 Å². The van der Waals surface area contributed by atoms with Crippen molar-refractivity contribution >= 4 is 6.03 Å². The number of hydrogen-bond donors (Lipinski definition) is 2. The molecule has 1 saturated carbocycles. The van der Waals surface area contributed by atoms with Gasteiger partial charge in [-0.05, 0) is 31.4 Å². The Morgan fingerprint density at radius 2 is 2.53 bits per heavy atom. The number of amides is 2. The molecule has 2 amide bonds. The number of nitrogens with two attached hydrogens (primary N) is 1. The number of rotatable bonds is 3. The van der Waals surface area contributed by atoms with Crippen molar-refractivity contribution in [1.82, 2.24) is 5.06 Å². The fourth-order valence-corrected chi connectivity index (χ4v) is 1.96. The van der Waals surface area contributed by atoms with Crippen LogP contribution < -0.4 is 5.73 Å². The second-order valence-electron chi connectivity index (χ2n) is 3.94. The van der Waals surface area contributed by atoms with Gasteiger partial charge in [0.1, 0.15) is 5.76 Å². The van der Waals surface area contributed by atoms with E-state index in [0.717, 1.165) is 12.2 Å². The SMILES string of the molecule is CC([C@@H]1C[C@H]1c1ccco1)N(O)C(N)=O. The van der Waals surface area contributed by atoms with Gasteiger partial charge in [-0.1, -0.05) is 0 Å². The molecule has 1 aliphatic carbocycles. The molecule has 5 nitrogen and oxygen atoms in total. The lowest BCUT2D eigenvalue weighted by atomic mass is 10.1. The Bertz CT molecular complexity index is 350. The van der Waals surface area contributed by atoms with E-state index < -0.39 is 6.03 Å². The Balaban J connectivity index is 1.96. The van der Waals surface area contributed by atoms with Gasteiger partial charge in [0.05, 0.1) is 12.3 Å². The third-order valence-electron chi connectivity index (χ3n) is 2.98. The summed E-state index contributed by atoms with van der Waals surface area (Å²) in [6, 6.07) is 2.66. The number of furan rings is 1. The van der Waals surface area contributed by atoms with Gasteiger partial charge in [-0.2, -0.15) is 0 Å². The van der Waals surface area contributed by atoms with Gasteiger partial charge >= 0.3 is 6.03 Å². The predicted molar refractivity (Wildman–Crippen MR) is 52.2 cm³/mol. The summed E-state index contributed by atoms with van der Waals surface area (Å²) >= 11 is 0. The summed E-state index contributed by atoms with van der Waals surface area (Å²) in [6.45, 7) is 1.78. The summed E-state index contributed by atoms with van der Waals surface area (Å²) in [6.07, 6.45) is 2.54. The van der Waals surface area contributed by atoms with Crippen LogP contribution in [0.4, 0.5) is 4.79 Å². The molecule has 0 aliphatic heterocycles. The van der Waals surface area contributed by atoms with E-state index in [4.69, 9.17) is 10.2 Å². The number of carbonyl (C=O) groups excluding carboxylic acids is 1. The van der Waals surface area contributed by atoms with Crippen LogP contribution >= 0.6 is 0 Å². The van der Waals surface area contributed by atoms with Crippen LogP contribution in [0.15, 0.2) is 22.8 Å². The molecule has 1 aliphatic rings. The summed E-state index contributed by atoms with van der Waals surface area (Å²) in [4.78, 5) is 10.7. The van der Waals surface area contributed by atoms with Gasteiger partial charge in [0.25, 0.3) is 0 Å². The highest BCUT2D eigenvalue weighted by molar-refractivity contribution is 5.71. The van der Waals surface area contributed by atoms with Gasteiger partial charge in [-0.3, -0.25) is 5.21 Å². The van der Waals surface area contributed by atoms with Gasteiger partial charge in [-0.25, -0.2) is 9.86 Å². The Labute approximate surface area is 87.4 Å². The molecule has 1 fully saturated rings. The number of carbonyl (C=O) groups is 1. The largest absolute Gasteiger partial charge is 0.469 e.